The van der Waals surface area contributed by atoms with E-state index in [1.807, 2.05) is 0 Å². The number of nitrogens with two attached hydrogens (primary N) is 1. The Labute approximate surface area is 105 Å². The molecule has 0 spiro atoms. The van der Waals surface area contributed by atoms with Gasteiger partial charge in [-0.25, -0.2) is 4.79 Å². The van der Waals surface area contributed by atoms with Crippen LogP contribution in [0.4, 0.5) is 0 Å². The second kappa shape index (κ2) is 6.95. The van der Waals surface area contributed by atoms with Crippen LogP contribution in [0.25, 0.3) is 0 Å². The molecule has 5 N–H and O–H groups in total. The van der Waals surface area contributed by atoms with Crippen LogP contribution in [0.2, 0.25) is 0 Å². The highest BCUT2D eigenvalue weighted by Gasteiger charge is 2.26. The molecular weight excluding hydrogens is 238 g/mol. The van der Waals surface area contributed by atoms with Crippen LogP contribution in [0.1, 0.15) is 25.7 Å². The highest BCUT2D eigenvalue weighted by atomic mass is 16.4. The van der Waals surface area contributed by atoms with Crippen molar-refractivity contribution in [2.75, 3.05) is 13.1 Å². The molecule has 7 heteroatoms. The van der Waals surface area contributed by atoms with Gasteiger partial charge in [0, 0.05) is 12.3 Å². The molecule has 1 atom stereocenters. The average Bonchev–Trinajstić information content (AvgIpc) is 2.34. The number of aliphatic carboxylic acids is 1. The first-order valence-electron chi connectivity index (χ1n) is 6.03. The van der Waals surface area contributed by atoms with Crippen molar-refractivity contribution in [2.45, 2.75) is 31.7 Å². The number of carbonyl (C=O) groups excluding carboxylic acids is 2. The molecule has 0 aromatic heterocycles. The van der Waals surface area contributed by atoms with E-state index in [2.05, 4.69) is 10.6 Å². The summed E-state index contributed by atoms with van der Waals surface area (Å²) in [6, 6.07) is -1.04. The molecule has 0 radical (unpaired) electrons. The molecule has 0 unspecified atom stereocenters. The molecule has 102 valence electrons. The molecule has 1 fully saturated rings. The van der Waals surface area contributed by atoms with E-state index in [4.69, 9.17) is 10.8 Å². The van der Waals surface area contributed by atoms with Gasteiger partial charge in [0.05, 0.1) is 0 Å². The molecule has 1 rings (SSSR count). The van der Waals surface area contributed by atoms with Crippen molar-refractivity contribution >= 4 is 17.8 Å². The molecule has 0 bridgehead atoms. The van der Waals surface area contributed by atoms with Crippen molar-refractivity contribution in [1.82, 2.24) is 10.6 Å². The van der Waals surface area contributed by atoms with Crippen LogP contribution in [0.5, 0.6) is 0 Å². The van der Waals surface area contributed by atoms with Gasteiger partial charge in [-0.2, -0.15) is 0 Å². The molecule has 1 saturated heterocycles. The summed E-state index contributed by atoms with van der Waals surface area (Å²) in [6.07, 6.45) is 1.38. The van der Waals surface area contributed by atoms with E-state index in [0.717, 1.165) is 13.1 Å². The van der Waals surface area contributed by atoms with Gasteiger partial charge < -0.3 is 21.5 Å². The van der Waals surface area contributed by atoms with E-state index in [0.29, 0.717) is 12.8 Å². The number of carbonyl (C=O) groups is 3. The number of carboxylic acid groups (broad SMARTS) is 1. The summed E-state index contributed by atoms with van der Waals surface area (Å²) in [7, 11) is 0. The third-order valence-electron chi connectivity index (χ3n) is 3.00. The zero-order chi connectivity index (χ0) is 13.5. The van der Waals surface area contributed by atoms with Gasteiger partial charge in [-0.15, -0.1) is 0 Å². The van der Waals surface area contributed by atoms with Crippen molar-refractivity contribution < 1.29 is 19.5 Å². The van der Waals surface area contributed by atoms with E-state index in [-0.39, 0.29) is 24.7 Å². The normalized spacial score (nSPS) is 18.0. The van der Waals surface area contributed by atoms with Gasteiger partial charge in [-0.3, -0.25) is 9.59 Å². The van der Waals surface area contributed by atoms with Crippen LogP contribution in [0.3, 0.4) is 0 Å². The lowest BCUT2D eigenvalue weighted by Gasteiger charge is -2.23. The average molecular weight is 257 g/mol. The first-order chi connectivity index (χ1) is 8.50. The smallest absolute Gasteiger partial charge is 0.326 e. The molecule has 0 aromatic rings. The summed E-state index contributed by atoms with van der Waals surface area (Å²) < 4.78 is 0. The summed E-state index contributed by atoms with van der Waals surface area (Å²) in [5, 5.41) is 14.5. The zero-order valence-corrected chi connectivity index (χ0v) is 10.1. The van der Waals surface area contributed by atoms with Gasteiger partial charge in [0.25, 0.3) is 0 Å². The number of primary amides is 1. The van der Waals surface area contributed by atoms with Crippen molar-refractivity contribution in [3.8, 4) is 0 Å². The first-order valence-corrected chi connectivity index (χ1v) is 6.03. The minimum Gasteiger partial charge on any atom is -0.480 e. The Bertz CT molecular complexity index is 326. The SMILES string of the molecule is NC(=O)CC[C@@H](NC(=O)C1CCNCC1)C(=O)O. The standard InChI is InChI=1S/C11H19N3O4/c12-9(15)2-1-8(11(17)18)14-10(16)7-3-5-13-6-4-7/h7-8,13H,1-6H2,(H2,12,15)(H,14,16)(H,17,18)/t8-/m1/s1. The van der Waals surface area contributed by atoms with E-state index < -0.39 is 17.9 Å². The monoisotopic (exact) mass is 257 g/mol. The first kappa shape index (κ1) is 14.4. The van der Waals surface area contributed by atoms with Crippen LogP contribution in [-0.4, -0.2) is 42.0 Å². The number of rotatable bonds is 6. The summed E-state index contributed by atoms with van der Waals surface area (Å²) in [5.74, 6) is -2.12. The molecule has 7 nitrogen and oxygen atoms in total. The number of carboxylic acids is 1. The maximum absolute atomic E-state index is 11.8. The third kappa shape index (κ3) is 4.70. The lowest BCUT2D eigenvalue weighted by molar-refractivity contribution is -0.143. The molecule has 2 amide bonds. The van der Waals surface area contributed by atoms with E-state index in [1.54, 1.807) is 0 Å². The largest absolute Gasteiger partial charge is 0.480 e. The van der Waals surface area contributed by atoms with Crippen molar-refractivity contribution in [3.05, 3.63) is 0 Å². The number of nitrogens with one attached hydrogen (secondary N) is 2. The molecule has 1 aliphatic rings. The molecular formula is C11H19N3O4. The Morgan fingerprint density at radius 1 is 1.33 bits per heavy atom. The summed E-state index contributed by atoms with van der Waals surface area (Å²) in [5.41, 5.74) is 4.96. The highest BCUT2D eigenvalue weighted by molar-refractivity contribution is 5.85. The number of amides is 2. The van der Waals surface area contributed by atoms with E-state index in [9.17, 15) is 14.4 Å². The van der Waals surface area contributed by atoms with Gasteiger partial charge in [-0.1, -0.05) is 0 Å². The van der Waals surface area contributed by atoms with Crippen LogP contribution in [0.15, 0.2) is 0 Å². The maximum Gasteiger partial charge on any atom is 0.326 e. The molecule has 1 aliphatic heterocycles. The third-order valence-corrected chi connectivity index (χ3v) is 3.00. The fourth-order valence-electron chi connectivity index (χ4n) is 1.92. The predicted octanol–water partition coefficient (Wildman–Crippen LogP) is -1.18. The zero-order valence-electron chi connectivity index (χ0n) is 10.1. The van der Waals surface area contributed by atoms with Gasteiger partial charge in [-0.05, 0) is 32.4 Å². The van der Waals surface area contributed by atoms with E-state index >= 15 is 0 Å². The molecule has 1 heterocycles. The molecule has 18 heavy (non-hydrogen) atoms. The van der Waals surface area contributed by atoms with Crippen LogP contribution < -0.4 is 16.4 Å². The molecule has 0 saturated carbocycles. The van der Waals surface area contributed by atoms with Gasteiger partial charge >= 0.3 is 5.97 Å². The Morgan fingerprint density at radius 3 is 2.44 bits per heavy atom. The minimum absolute atomic E-state index is 0.0291. The second-order valence-electron chi connectivity index (χ2n) is 4.43. The minimum atomic E-state index is -1.14. The number of piperidine rings is 1. The fraction of sp³-hybridized carbons (Fsp3) is 0.727. The number of hydrogen-bond donors (Lipinski definition) is 4. The lowest BCUT2D eigenvalue weighted by Crippen LogP contribution is -2.46. The van der Waals surface area contributed by atoms with Gasteiger partial charge in [0.1, 0.15) is 6.04 Å². The number of hydrogen-bond acceptors (Lipinski definition) is 4. The van der Waals surface area contributed by atoms with Crippen LogP contribution >= 0.6 is 0 Å². The Hall–Kier alpha value is -1.63. The fourth-order valence-corrected chi connectivity index (χ4v) is 1.92. The quantitative estimate of drug-likeness (QED) is 0.477. The van der Waals surface area contributed by atoms with Crippen LogP contribution in [0, 0.1) is 5.92 Å². The molecule has 0 aromatic carbocycles. The topological polar surface area (TPSA) is 122 Å². The summed E-state index contributed by atoms with van der Waals surface area (Å²) in [4.78, 5) is 33.4. The van der Waals surface area contributed by atoms with Crippen molar-refractivity contribution in [2.24, 2.45) is 11.7 Å². The van der Waals surface area contributed by atoms with Crippen molar-refractivity contribution in [3.63, 3.8) is 0 Å². The van der Waals surface area contributed by atoms with Crippen LogP contribution in [-0.2, 0) is 14.4 Å². The molecule has 0 aliphatic carbocycles. The maximum atomic E-state index is 11.8. The second-order valence-corrected chi connectivity index (χ2v) is 4.43. The highest BCUT2D eigenvalue weighted by Crippen LogP contribution is 2.12. The lowest BCUT2D eigenvalue weighted by atomic mass is 9.96. The Balaban J connectivity index is 2.46. The summed E-state index contributed by atoms with van der Waals surface area (Å²) in [6.45, 7) is 1.52. The Morgan fingerprint density at radius 2 is 1.94 bits per heavy atom. The van der Waals surface area contributed by atoms with Gasteiger partial charge in [0.15, 0.2) is 0 Å². The Kier molecular flexibility index (Phi) is 5.57. The predicted molar refractivity (Wildman–Crippen MR) is 63.6 cm³/mol. The summed E-state index contributed by atoms with van der Waals surface area (Å²) >= 11 is 0. The van der Waals surface area contributed by atoms with Gasteiger partial charge in [0.2, 0.25) is 11.8 Å². The van der Waals surface area contributed by atoms with E-state index in [1.165, 1.54) is 0 Å². The van der Waals surface area contributed by atoms with Crippen molar-refractivity contribution in [1.29, 1.82) is 0 Å².